The predicted octanol–water partition coefficient (Wildman–Crippen LogP) is 25.7. The first-order valence-corrected chi connectivity index (χ1v) is 45.7. The number of aliphatic hydroxyl groups excluding tert-OH is 1. The summed E-state index contributed by atoms with van der Waals surface area (Å²) in [6.45, 7) is 4.38. The van der Waals surface area contributed by atoms with Crippen molar-refractivity contribution in [3.8, 4) is 0 Å². The molecule has 19 heteroatoms. The Morgan fingerprint density at radius 3 is 0.768 bits per heavy atom. The lowest BCUT2D eigenvalue weighted by atomic mass is 10.1. The lowest BCUT2D eigenvalue weighted by Crippen LogP contribution is -2.30. The third-order valence-electron chi connectivity index (χ3n) is 17.0. The highest BCUT2D eigenvalue weighted by Gasteiger charge is 2.30. The van der Waals surface area contributed by atoms with Crippen molar-refractivity contribution in [3.63, 3.8) is 0 Å². The first kappa shape index (κ1) is 106. The number of phosphoric acid groups is 2. The molecule has 3 N–H and O–H groups in total. The van der Waals surface area contributed by atoms with E-state index in [1.54, 1.807) is 0 Å². The SMILES string of the molecule is CC/C=C\C/C=C\C/C=C\C/C=C\C/C=C\C/C=C\CCC(=O)OCC(COP(=O)(O)OCC(O)COP(=O)(O)OCC(COC(=O)CCCCCCCC/C=C\C/C=C\C/C=C\C/C=C\CC)OC(=O)CCCCCCCC/C=C\C/C=C\C/C=C\C/C=C\CC)OC(=O)CCCCCCC/C=C\C/C=C\CCCCC. The minimum Gasteiger partial charge on any atom is -0.462 e. The van der Waals surface area contributed by atoms with Crippen LogP contribution >= 0.6 is 15.6 Å². The van der Waals surface area contributed by atoms with Gasteiger partial charge in [-0.25, -0.2) is 9.13 Å². The van der Waals surface area contributed by atoms with Crippen molar-refractivity contribution < 1.29 is 80.2 Å². The Balaban J connectivity index is 5.50. The Morgan fingerprint density at radius 2 is 0.482 bits per heavy atom. The Labute approximate surface area is 678 Å². The third kappa shape index (κ3) is 81.9. The molecule has 17 nitrogen and oxygen atoms in total. The van der Waals surface area contributed by atoms with E-state index in [0.29, 0.717) is 32.1 Å². The topological polar surface area (TPSA) is 237 Å². The molecule has 0 rings (SSSR count). The van der Waals surface area contributed by atoms with Crippen molar-refractivity contribution in [2.24, 2.45) is 0 Å². The van der Waals surface area contributed by atoms with Crippen LogP contribution in [-0.4, -0.2) is 96.7 Å². The van der Waals surface area contributed by atoms with Gasteiger partial charge in [0.25, 0.3) is 0 Å². The predicted molar refractivity (Wildman–Crippen MR) is 463 cm³/mol. The van der Waals surface area contributed by atoms with Crippen LogP contribution in [0.15, 0.2) is 194 Å². The lowest BCUT2D eigenvalue weighted by Gasteiger charge is -2.21. The normalized spacial score (nSPS) is 14.7. The molecule has 0 spiro atoms. The molecule has 0 aliphatic heterocycles. The highest BCUT2D eigenvalue weighted by molar-refractivity contribution is 7.47. The van der Waals surface area contributed by atoms with Crippen LogP contribution in [0.5, 0.6) is 0 Å². The van der Waals surface area contributed by atoms with Gasteiger partial charge in [0.1, 0.15) is 19.3 Å². The fraction of sp³-hybridized carbons (Fsp3) is 0.613. The summed E-state index contributed by atoms with van der Waals surface area (Å²) in [6.07, 6.45) is 103. The maximum Gasteiger partial charge on any atom is 0.472 e. The molecule has 0 aliphatic carbocycles. The summed E-state index contributed by atoms with van der Waals surface area (Å²) in [5.41, 5.74) is 0. The number of esters is 4. The number of phosphoric ester groups is 2. The van der Waals surface area contributed by atoms with Crippen LogP contribution in [0.2, 0.25) is 0 Å². The second-order valence-corrected chi connectivity index (χ2v) is 30.5. The smallest absolute Gasteiger partial charge is 0.462 e. The molecule has 0 aromatic rings. The van der Waals surface area contributed by atoms with Gasteiger partial charge in [-0.15, -0.1) is 0 Å². The van der Waals surface area contributed by atoms with Crippen LogP contribution in [0, 0.1) is 0 Å². The summed E-state index contributed by atoms with van der Waals surface area (Å²) in [7, 11) is -10.0. The summed E-state index contributed by atoms with van der Waals surface area (Å²) in [5, 5.41) is 10.7. The summed E-state index contributed by atoms with van der Waals surface area (Å²) in [5.74, 6) is -2.33. The molecule has 634 valence electrons. The number of aliphatic hydroxyl groups is 1. The Kier molecular flexibility index (Phi) is 78.4. The second-order valence-electron chi connectivity index (χ2n) is 27.6. The molecule has 0 aliphatic rings. The molecule has 5 atom stereocenters. The van der Waals surface area contributed by atoms with Gasteiger partial charge >= 0.3 is 39.5 Å². The van der Waals surface area contributed by atoms with E-state index in [-0.39, 0.29) is 25.7 Å². The molecule has 0 saturated carbocycles. The molecule has 0 fully saturated rings. The maximum atomic E-state index is 13.2. The zero-order valence-corrected chi connectivity index (χ0v) is 71.3. The van der Waals surface area contributed by atoms with Crippen molar-refractivity contribution in [2.45, 2.75) is 329 Å². The molecule has 0 bridgehead atoms. The van der Waals surface area contributed by atoms with Gasteiger partial charge in [-0.1, -0.05) is 306 Å². The minimum atomic E-state index is -5.01. The van der Waals surface area contributed by atoms with Crippen molar-refractivity contribution >= 4 is 39.5 Å². The molecule has 0 heterocycles. The molecular formula is C93H150O17P2. The maximum absolute atomic E-state index is 13.2. The first-order valence-electron chi connectivity index (χ1n) is 42.7. The third-order valence-corrected chi connectivity index (χ3v) is 18.9. The van der Waals surface area contributed by atoms with Crippen LogP contribution in [-0.2, 0) is 65.4 Å². The molecule has 0 amide bonds. The number of rotatable bonds is 78. The van der Waals surface area contributed by atoms with Crippen molar-refractivity contribution in [2.75, 3.05) is 39.6 Å². The minimum absolute atomic E-state index is 0.0262. The number of hydrogen-bond acceptors (Lipinski definition) is 15. The van der Waals surface area contributed by atoms with E-state index in [0.717, 1.165) is 205 Å². The molecule has 5 unspecified atom stereocenters. The van der Waals surface area contributed by atoms with Crippen LogP contribution in [0.3, 0.4) is 0 Å². The number of ether oxygens (including phenoxy) is 4. The van der Waals surface area contributed by atoms with Gasteiger partial charge < -0.3 is 33.8 Å². The average molecular weight is 1600 g/mol. The van der Waals surface area contributed by atoms with Crippen LogP contribution in [0.25, 0.3) is 0 Å². The van der Waals surface area contributed by atoms with Gasteiger partial charge in [-0.2, -0.15) is 0 Å². The quantitative estimate of drug-likeness (QED) is 0.0169. The van der Waals surface area contributed by atoms with Crippen LogP contribution < -0.4 is 0 Å². The standard InChI is InChI=1S/C93H150O17P2/c1-5-9-13-17-21-25-29-33-37-40-43-46-50-53-57-61-65-69-73-77-90(95)103-83-88(109-92(97)79-75-71-67-63-59-55-49-36-32-28-24-20-16-12-8-4)85-107-111(99,100)105-81-87(94)82-106-112(101,102)108-86-89(110-93(98)80-76-72-68-64-60-56-52-48-45-42-39-35-31-27-23-19-15-11-7-3)84-104-91(96)78-74-70-66-62-58-54-51-47-44-41-38-34-30-26-22-18-14-10-6-2/h9-11,13-15,21-28,33-39,43-49,53,57,65,69,87-89,94H,5-8,12,16-20,29-32,40-42,50-52,54-56,58-64,66-68,70-86H2,1-4H3,(H,99,100)(H,101,102)/b13-9-,14-10-,15-11-,25-21-,26-22-,27-23-,28-24-,37-33-,38-34-,39-35-,46-43-,47-44-,48-45-,49-36-,57-53-,69-65-. The fourth-order valence-corrected chi connectivity index (χ4v) is 12.2. The Hall–Kier alpha value is -6.10. The molecule has 0 aromatic carbocycles. The number of allylic oxidation sites excluding steroid dienone is 32. The Bertz CT molecular complexity index is 2890. The summed E-state index contributed by atoms with van der Waals surface area (Å²) >= 11 is 0. The van der Waals surface area contributed by atoms with E-state index in [2.05, 4.69) is 204 Å². The highest BCUT2D eigenvalue weighted by atomic mass is 31.2. The highest BCUT2D eigenvalue weighted by Crippen LogP contribution is 2.45. The molecule has 0 saturated heterocycles. The molecule has 0 radical (unpaired) electrons. The number of carbonyl (C=O) groups is 4. The van der Waals surface area contributed by atoms with E-state index in [1.165, 1.54) is 19.3 Å². The average Bonchev–Trinajstić information content (AvgIpc) is 0.898. The van der Waals surface area contributed by atoms with Crippen LogP contribution in [0.4, 0.5) is 0 Å². The van der Waals surface area contributed by atoms with Gasteiger partial charge in [0.05, 0.1) is 26.4 Å². The summed E-state index contributed by atoms with van der Waals surface area (Å²) in [6, 6.07) is 0. The van der Waals surface area contributed by atoms with Gasteiger partial charge in [-0.3, -0.25) is 37.3 Å². The number of carbonyl (C=O) groups excluding carboxylic acids is 4. The van der Waals surface area contributed by atoms with E-state index in [9.17, 15) is 43.2 Å². The van der Waals surface area contributed by atoms with Crippen molar-refractivity contribution in [3.05, 3.63) is 194 Å². The largest absolute Gasteiger partial charge is 0.472 e. The van der Waals surface area contributed by atoms with E-state index >= 15 is 0 Å². The first-order chi connectivity index (χ1) is 54.7. The van der Waals surface area contributed by atoms with E-state index in [1.807, 2.05) is 18.2 Å². The number of unbranched alkanes of at least 4 members (excludes halogenated alkanes) is 20. The molecule has 112 heavy (non-hydrogen) atoms. The van der Waals surface area contributed by atoms with E-state index < -0.39 is 97.5 Å². The van der Waals surface area contributed by atoms with Gasteiger partial charge in [0, 0.05) is 25.7 Å². The van der Waals surface area contributed by atoms with E-state index in [4.69, 9.17) is 37.0 Å². The van der Waals surface area contributed by atoms with Gasteiger partial charge in [0.2, 0.25) is 0 Å². The Morgan fingerprint density at radius 1 is 0.259 bits per heavy atom. The summed E-state index contributed by atoms with van der Waals surface area (Å²) < 4.78 is 68.7. The van der Waals surface area contributed by atoms with Crippen molar-refractivity contribution in [1.82, 2.24) is 0 Å². The van der Waals surface area contributed by atoms with Crippen molar-refractivity contribution in [1.29, 1.82) is 0 Å². The van der Waals surface area contributed by atoms with Gasteiger partial charge in [0.15, 0.2) is 12.2 Å². The molecule has 0 aromatic heterocycles. The fourth-order valence-electron chi connectivity index (χ4n) is 10.7. The second kappa shape index (κ2) is 82.9. The monoisotopic (exact) mass is 1600 g/mol. The molecular weight excluding hydrogens is 1450 g/mol. The summed E-state index contributed by atoms with van der Waals surface area (Å²) in [4.78, 5) is 73.3. The van der Waals surface area contributed by atoms with Crippen LogP contribution in [0.1, 0.15) is 310 Å². The lowest BCUT2D eigenvalue weighted by molar-refractivity contribution is -0.161. The zero-order valence-electron chi connectivity index (χ0n) is 69.5. The number of hydrogen-bond donors (Lipinski definition) is 3. The van der Waals surface area contributed by atoms with Gasteiger partial charge in [-0.05, 0) is 173 Å². The zero-order chi connectivity index (χ0) is 81.7.